The summed E-state index contributed by atoms with van der Waals surface area (Å²) >= 11 is 0. The molecule has 0 aromatic heterocycles. The normalized spacial score (nSPS) is 12.2. The highest BCUT2D eigenvalue weighted by Crippen LogP contribution is 2.29. The Morgan fingerprint density at radius 1 is 1.13 bits per heavy atom. The average molecular weight is 430 g/mol. The third kappa shape index (κ3) is 9.52. The van der Waals surface area contributed by atoms with Crippen LogP contribution < -0.4 is 14.8 Å². The van der Waals surface area contributed by atoms with Crippen molar-refractivity contribution in [1.82, 2.24) is 10.7 Å². The van der Waals surface area contributed by atoms with Crippen LogP contribution in [0.15, 0.2) is 18.2 Å². The van der Waals surface area contributed by atoms with Gasteiger partial charge in [0.15, 0.2) is 11.5 Å². The second kappa shape index (κ2) is 11.3. The summed E-state index contributed by atoms with van der Waals surface area (Å²) < 4.78 is 15.7. The highest BCUT2D eigenvalue weighted by Gasteiger charge is 2.23. The second-order valence-electron chi connectivity index (χ2n) is 7.04. The van der Waals surface area contributed by atoms with Gasteiger partial charge in [-0.1, -0.05) is 0 Å². The van der Waals surface area contributed by atoms with Crippen molar-refractivity contribution in [3.8, 4) is 11.5 Å². The van der Waals surface area contributed by atoms with E-state index in [-0.39, 0.29) is 36.7 Å². The molecule has 168 valence electrons. The highest BCUT2D eigenvalue weighted by atomic mass is 17.1. The lowest BCUT2D eigenvalue weighted by Gasteiger charge is -2.21. The molecule has 0 spiro atoms. The number of benzene rings is 1. The third-order valence-corrected chi connectivity index (χ3v) is 3.24. The minimum Gasteiger partial charge on any atom is -0.490 e. The van der Waals surface area contributed by atoms with E-state index in [1.54, 1.807) is 20.8 Å². The number of hydrogen-bond acceptors (Lipinski definition) is 10. The number of rotatable bonds is 10. The smallest absolute Gasteiger partial charge is 0.408 e. The van der Waals surface area contributed by atoms with E-state index in [2.05, 4.69) is 10.2 Å². The van der Waals surface area contributed by atoms with Gasteiger partial charge >= 0.3 is 18.0 Å². The molecule has 30 heavy (non-hydrogen) atoms. The number of alkyl carbamates (subject to hydrolysis) is 1. The minimum absolute atomic E-state index is 0.0382. The number of carboxylic acid groups (broad SMARTS) is 1. The van der Waals surface area contributed by atoms with Crippen LogP contribution >= 0.6 is 0 Å². The summed E-state index contributed by atoms with van der Waals surface area (Å²) in [5.74, 6) is -2.20. The number of carboxylic acids is 1. The fourth-order valence-corrected chi connectivity index (χ4v) is 1.97. The summed E-state index contributed by atoms with van der Waals surface area (Å²) in [6.07, 6.45) is -0.577. The van der Waals surface area contributed by atoms with E-state index in [1.165, 1.54) is 19.1 Å². The van der Waals surface area contributed by atoms with Gasteiger partial charge in [0, 0.05) is 6.42 Å². The van der Waals surface area contributed by atoms with Gasteiger partial charge < -0.3 is 24.6 Å². The van der Waals surface area contributed by atoms with Crippen molar-refractivity contribution in [1.29, 1.82) is 0 Å². The zero-order chi connectivity index (χ0) is 22.9. The summed E-state index contributed by atoms with van der Waals surface area (Å²) in [6.45, 7) is 6.34. The summed E-state index contributed by atoms with van der Waals surface area (Å²) in [5, 5.41) is 27.9. The van der Waals surface area contributed by atoms with E-state index in [1.807, 2.05) is 0 Å². The molecular weight excluding hydrogens is 404 g/mol. The Kier molecular flexibility index (Phi) is 9.46. The predicted molar refractivity (Wildman–Crippen MR) is 99.3 cm³/mol. The van der Waals surface area contributed by atoms with Crippen molar-refractivity contribution in [2.45, 2.75) is 45.8 Å². The van der Waals surface area contributed by atoms with E-state index in [4.69, 9.17) is 29.7 Å². The van der Waals surface area contributed by atoms with Crippen LogP contribution in [-0.4, -0.2) is 63.8 Å². The molecule has 0 radical (unpaired) electrons. The molecule has 0 heterocycles. The maximum Gasteiger partial charge on any atom is 0.408 e. The van der Waals surface area contributed by atoms with Crippen molar-refractivity contribution in [3.63, 3.8) is 0 Å². The number of nitrogens with zero attached hydrogens (tertiary/aromatic N) is 1. The molecule has 12 nitrogen and oxygen atoms in total. The van der Waals surface area contributed by atoms with E-state index >= 15 is 0 Å². The van der Waals surface area contributed by atoms with Crippen molar-refractivity contribution in [3.05, 3.63) is 23.8 Å². The summed E-state index contributed by atoms with van der Waals surface area (Å²) in [5.41, 5.74) is -0.894. The quantitative estimate of drug-likeness (QED) is 0.186. The fourth-order valence-electron chi connectivity index (χ4n) is 1.97. The van der Waals surface area contributed by atoms with Crippen molar-refractivity contribution in [2.24, 2.45) is 0 Å². The van der Waals surface area contributed by atoms with Crippen LogP contribution in [0.5, 0.6) is 11.5 Å². The SMILES string of the molecule is CC(NC(=O)OC(C)(C)C)C(=O)Oc1cc(C(=O)O)ccc1OCCCON(O)O. The van der Waals surface area contributed by atoms with Crippen LogP contribution in [0.4, 0.5) is 4.79 Å². The number of amides is 1. The molecule has 0 saturated heterocycles. The minimum atomic E-state index is -1.24. The number of aromatic carboxylic acids is 1. The molecule has 0 aliphatic heterocycles. The van der Waals surface area contributed by atoms with Gasteiger partial charge in [0.05, 0.1) is 24.2 Å². The number of nitrogens with one attached hydrogen (secondary N) is 1. The van der Waals surface area contributed by atoms with Crippen LogP contribution in [-0.2, 0) is 14.4 Å². The van der Waals surface area contributed by atoms with Crippen LogP contribution in [0, 0.1) is 0 Å². The van der Waals surface area contributed by atoms with E-state index in [0.29, 0.717) is 0 Å². The highest BCUT2D eigenvalue weighted by molar-refractivity contribution is 5.89. The Balaban J connectivity index is 2.80. The van der Waals surface area contributed by atoms with Gasteiger partial charge in [-0.15, -0.1) is 0 Å². The standard InChI is InChI=1S/C18H26N2O10/c1-11(19-17(24)30-18(2,3)4)16(23)29-14-10-12(15(21)22)6-7-13(14)27-8-5-9-28-20(25)26/h6-7,10-11,25-26H,5,8-9H2,1-4H3,(H,19,24)(H,21,22). The molecule has 0 saturated carbocycles. The van der Waals surface area contributed by atoms with E-state index in [0.717, 1.165) is 6.07 Å². The van der Waals surface area contributed by atoms with Crippen LogP contribution in [0.25, 0.3) is 0 Å². The van der Waals surface area contributed by atoms with Crippen molar-refractivity contribution < 1.29 is 49.0 Å². The molecule has 0 bridgehead atoms. The maximum atomic E-state index is 12.3. The number of carbonyl (C=O) groups excluding carboxylic acids is 2. The molecular formula is C18H26N2O10. The van der Waals surface area contributed by atoms with Gasteiger partial charge in [-0.05, 0) is 45.9 Å². The molecule has 12 heteroatoms. The number of hydrogen-bond donors (Lipinski definition) is 4. The molecule has 0 aliphatic rings. The average Bonchev–Trinajstić information content (AvgIpc) is 2.60. The molecule has 1 aromatic carbocycles. The Morgan fingerprint density at radius 3 is 2.37 bits per heavy atom. The molecule has 1 aromatic rings. The Labute approximate surface area is 172 Å². The molecule has 0 fully saturated rings. The molecule has 1 atom stereocenters. The zero-order valence-electron chi connectivity index (χ0n) is 17.1. The Hall–Kier alpha value is -2.93. The van der Waals surface area contributed by atoms with Gasteiger partial charge in [0.1, 0.15) is 11.6 Å². The predicted octanol–water partition coefficient (Wildman–Crippen LogP) is 1.98. The molecule has 4 N–H and O–H groups in total. The van der Waals surface area contributed by atoms with Gasteiger partial charge in [0.25, 0.3) is 0 Å². The van der Waals surface area contributed by atoms with Crippen molar-refractivity contribution >= 4 is 18.0 Å². The lowest BCUT2D eigenvalue weighted by molar-refractivity contribution is -0.492. The van der Waals surface area contributed by atoms with Gasteiger partial charge in [-0.3, -0.25) is 15.3 Å². The van der Waals surface area contributed by atoms with E-state index in [9.17, 15) is 14.4 Å². The first-order valence-electron chi connectivity index (χ1n) is 8.91. The maximum absolute atomic E-state index is 12.3. The van der Waals surface area contributed by atoms with Gasteiger partial charge in [0.2, 0.25) is 0 Å². The molecule has 1 rings (SSSR count). The van der Waals surface area contributed by atoms with Crippen LogP contribution in [0.1, 0.15) is 44.5 Å². The Morgan fingerprint density at radius 2 is 1.80 bits per heavy atom. The third-order valence-electron chi connectivity index (χ3n) is 3.24. The van der Waals surface area contributed by atoms with Crippen LogP contribution in [0.3, 0.4) is 0 Å². The van der Waals surface area contributed by atoms with Crippen LogP contribution in [0.2, 0.25) is 0 Å². The fraction of sp³-hybridized carbons (Fsp3) is 0.500. The molecule has 0 aliphatic carbocycles. The first-order chi connectivity index (χ1) is 13.9. The molecule has 1 amide bonds. The number of esters is 1. The Bertz CT molecular complexity index is 745. The summed E-state index contributed by atoms with van der Waals surface area (Å²) in [7, 11) is 0. The van der Waals surface area contributed by atoms with E-state index < -0.39 is 35.1 Å². The second-order valence-corrected chi connectivity index (χ2v) is 7.04. The van der Waals surface area contributed by atoms with Gasteiger partial charge in [-0.2, -0.15) is 0 Å². The lowest BCUT2D eigenvalue weighted by atomic mass is 10.2. The van der Waals surface area contributed by atoms with Gasteiger partial charge in [-0.25, -0.2) is 14.4 Å². The number of ether oxygens (including phenoxy) is 3. The monoisotopic (exact) mass is 430 g/mol. The summed E-state index contributed by atoms with van der Waals surface area (Å²) in [4.78, 5) is 39.7. The first-order valence-corrected chi connectivity index (χ1v) is 8.91. The topological polar surface area (TPSA) is 164 Å². The summed E-state index contributed by atoms with van der Waals surface area (Å²) in [6, 6.07) is 2.59. The first kappa shape index (κ1) is 25.1. The lowest BCUT2D eigenvalue weighted by Crippen LogP contribution is -2.43. The van der Waals surface area contributed by atoms with Crippen molar-refractivity contribution in [2.75, 3.05) is 13.2 Å². The largest absolute Gasteiger partial charge is 0.490 e. The molecule has 1 unspecified atom stereocenters. The number of carbonyl (C=O) groups is 3. The zero-order valence-corrected chi connectivity index (χ0v) is 17.1.